The molecule has 0 spiro atoms. The number of halogens is 1. The predicted molar refractivity (Wildman–Crippen MR) is 113 cm³/mol. The van der Waals surface area contributed by atoms with Crippen molar-refractivity contribution in [2.24, 2.45) is 16.7 Å². The number of benzene rings is 1. The molecular formula is C25H27FN4O2. The van der Waals surface area contributed by atoms with Crippen molar-refractivity contribution in [1.29, 1.82) is 21.2 Å². The second kappa shape index (κ2) is 8.53. The molecule has 2 saturated heterocycles. The maximum atomic E-state index is 14.1. The van der Waals surface area contributed by atoms with Crippen LogP contribution in [0.1, 0.15) is 75.9 Å². The standard InChI is InChI=1S/C25H27FN4O2/c26-19-11-9-10-18(14-19)21-23(15-27,16-28)24(17-29)20-12-7-5-3-1-2-4-6-8-13-25(20,31-21)32-22(24)30/h9-11,14,20-21,30H,1-8,12-13H2. The molecule has 4 unspecified atom stereocenters. The maximum Gasteiger partial charge on any atom is 0.217 e. The highest BCUT2D eigenvalue weighted by Crippen LogP contribution is 2.68. The van der Waals surface area contributed by atoms with Gasteiger partial charge in [-0.15, -0.1) is 0 Å². The van der Waals surface area contributed by atoms with Crippen molar-refractivity contribution in [2.75, 3.05) is 0 Å². The summed E-state index contributed by atoms with van der Waals surface area (Å²) in [5.41, 5.74) is -3.51. The van der Waals surface area contributed by atoms with E-state index in [1.54, 1.807) is 6.07 Å². The van der Waals surface area contributed by atoms with Crippen LogP contribution < -0.4 is 0 Å². The molecule has 1 N–H and O–H groups in total. The average molecular weight is 435 g/mol. The molecule has 2 heterocycles. The summed E-state index contributed by atoms with van der Waals surface area (Å²) in [5, 5.41) is 39.8. The van der Waals surface area contributed by atoms with Crippen LogP contribution in [0, 0.1) is 62.0 Å². The van der Waals surface area contributed by atoms with Gasteiger partial charge in [0.25, 0.3) is 0 Å². The van der Waals surface area contributed by atoms with E-state index in [2.05, 4.69) is 6.07 Å². The summed E-state index contributed by atoms with van der Waals surface area (Å²) in [4.78, 5) is 0. The minimum Gasteiger partial charge on any atom is -0.447 e. The first-order chi connectivity index (χ1) is 15.5. The van der Waals surface area contributed by atoms with Crippen molar-refractivity contribution in [3.05, 3.63) is 35.6 Å². The number of nitriles is 3. The Balaban J connectivity index is 1.90. The van der Waals surface area contributed by atoms with Gasteiger partial charge in [-0.3, -0.25) is 5.41 Å². The number of ether oxygens (including phenoxy) is 2. The Bertz CT molecular complexity index is 1010. The molecule has 6 nitrogen and oxygen atoms in total. The van der Waals surface area contributed by atoms with Crippen LogP contribution in [0.15, 0.2) is 24.3 Å². The van der Waals surface area contributed by atoms with Gasteiger partial charge >= 0.3 is 0 Å². The molecule has 7 heteroatoms. The normalized spacial score (nSPS) is 34.4. The number of hydrogen-bond donors (Lipinski definition) is 1. The van der Waals surface area contributed by atoms with Crippen LogP contribution in [0.25, 0.3) is 0 Å². The fraction of sp³-hybridized carbons (Fsp3) is 0.600. The van der Waals surface area contributed by atoms with Crippen LogP contribution in [0.2, 0.25) is 0 Å². The Morgan fingerprint density at radius 3 is 2.22 bits per heavy atom. The molecule has 0 amide bonds. The van der Waals surface area contributed by atoms with Gasteiger partial charge in [0.2, 0.25) is 17.1 Å². The summed E-state index contributed by atoms with van der Waals surface area (Å²) >= 11 is 0. The predicted octanol–water partition coefficient (Wildman–Crippen LogP) is 5.68. The summed E-state index contributed by atoms with van der Waals surface area (Å²) in [5.74, 6) is -2.79. The second-order valence-electron chi connectivity index (χ2n) is 9.17. The van der Waals surface area contributed by atoms with Crippen molar-refractivity contribution >= 4 is 5.90 Å². The highest BCUT2D eigenvalue weighted by molar-refractivity contribution is 5.89. The summed E-state index contributed by atoms with van der Waals surface area (Å²) in [6.45, 7) is 0. The molecule has 1 aromatic rings. The van der Waals surface area contributed by atoms with Gasteiger partial charge in [-0.1, -0.05) is 57.1 Å². The Labute approximate surface area is 188 Å². The Hall–Kier alpha value is -2.95. The second-order valence-corrected chi connectivity index (χ2v) is 9.17. The molecule has 0 radical (unpaired) electrons. The third-order valence-corrected chi connectivity index (χ3v) is 7.47. The molecule has 1 saturated carbocycles. The molecule has 166 valence electrons. The summed E-state index contributed by atoms with van der Waals surface area (Å²) < 4.78 is 26.7. The molecule has 2 bridgehead atoms. The van der Waals surface area contributed by atoms with Crippen molar-refractivity contribution in [2.45, 2.75) is 76.1 Å². The molecule has 32 heavy (non-hydrogen) atoms. The number of hydrogen-bond acceptors (Lipinski definition) is 6. The van der Waals surface area contributed by atoms with Crippen LogP contribution in [-0.4, -0.2) is 11.7 Å². The van der Waals surface area contributed by atoms with Gasteiger partial charge in [-0.25, -0.2) is 4.39 Å². The van der Waals surface area contributed by atoms with Gasteiger partial charge in [0.1, 0.15) is 11.9 Å². The van der Waals surface area contributed by atoms with Crippen LogP contribution in [0.3, 0.4) is 0 Å². The van der Waals surface area contributed by atoms with Gasteiger partial charge in [-0.2, -0.15) is 15.8 Å². The average Bonchev–Trinajstić information content (AvgIpc) is 2.97. The summed E-state index contributed by atoms with van der Waals surface area (Å²) in [7, 11) is 0. The van der Waals surface area contributed by atoms with E-state index in [0.717, 1.165) is 38.5 Å². The van der Waals surface area contributed by atoms with E-state index in [1.807, 2.05) is 12.1 Å². The number of nitrogens with zero attached hydrogens (tertiary/aromatic N) is 3. The molecule has 3 fully saturated rings. The largest absolute Gasteiger partial charge is 0.447 e. The molecule has 1 aliphatic carbocycles. The first kappa shape index (κ1) is 22.3. The summed E-state index contributed by atoms with van der Waals surface area (Å²) in [6, 6.07) is 11.9. The molecule has 3 aliphatic rings. The zero-order chi connectivity index (χ0) is 22.8. The van der Waals surface area contributed by atoms with Gasteiger partial charge in [0.05, 0.1) is 24.1 Å². The lowest BCUT2D eigenvalue weighted by Gasteiger charge is -2.50. The van der Waals surface area contributed by atoms with Gasteiger partial charge in [0.15, 0.2) is 5.41 Å². The smallest absolute Gasteiger partial charge is 0.217 e. The molecular weight excluding hydrogens is 407 g/mol. The zero-order valence-corrected chi connectivity index (χ0v) is 18.1. The number of nitrogens with one attached hydrogen (secondary N) is 1. The maximum absolute atomic E-state index is 14.1. The van der Waals surface area contributed by atoms with E-state index >= 15 is 0 Å². The number of rotatable bonds is 1. The SMILES string of the molecule is N#CC1(C#N)C(c2cccc(F)c2)OC23CCCCCCCCCCC2C1(C#N)C(=N)O3. The molecule has 2 aliphatic heterocycles. The van der Waals surface area contributed by atoms with Crippen molar-refractivity contribution < 1.29 is 13.9 Å². The van der Waals surface area contributed by atoms with E-state index in [0.29, 0.717) is 18.4 Å². The molecule has 0 aromatic heterocycles. The lowest BCUT2D eigenvalue weighted by Crippen LogP contribution is -2.59. The van der Waals surface area contributed by atoms with Crippen molar-refractivity contribution in [3.63, 3.8) is 0 Å². The van der Waals surface area contributed by atoms with Crippen molar-refractivity contribution in [1.82, 2.24) is 0 Å². The highest BCUT2D eigenvalue weighted by Gasteiger charge is 2.79. The zero-order valence-electron chi connectivity index (χ0n) is 18.1. The lowest BCUT2D eigenvalue weighted by atomic mass is 9.52. The fourth-order valence-electron chi connectivity index (χ4n) is 5.89. The van der Waals surface area contributed by atoms with Crippen LogP contribution >= 0.6 is 0 Å². The Kier molecular flexibility index (Phi) is 5.93. The van der Waals surface area contributed by atoms with E-state index < -0.39 is 34.5 Å². The minimum atomic E-state index is -2.03. The Morgan fingerprint density at radius 2 is 1.59 bits per heavy atom. The van der Waals surface area contributed by atoms with E-state index in [1.165, 1.54) is 31.0 Å². The first-order valence-electron chi connectivity index (χ1n) is 11.4. The van der Waals surface area contributed by atoms with Crippen LogP contribution in [-0.2, 0) is 9.47 Å². The van der Waals surface area contributed by atoms with Crippen molar-refractivity contribution in [3.8, 4) is 18.2 Å². The lowest BCUT2D eigenvalue weighted by molar-refractivity contribution is -0.287. The van der Waals surface area contributed by atoms with E-state index in [-0.39, 0.29) is 5.90 Å². The first-order valence-corrected chi connectivity index (χ1v) is 11.4. The van der Waals surface area contributed by atoms with Gasteiger partial charge < -0.3 is 9.47 Å². The molecule has 4 rings (SSSR count). The molecule has 4 atom stereocenters. The minimum absolute atomic E-state index is 0.301. The third-order valence-electron chi connectivity index (χ3n) is 7.47. The van der Waals surface area contributed by atoms with Gasteiger partial charge in [-0.05, 0) is 30.5 Å². The monoisotopic (exact) mass is 434 g/mol. The fourth-order valence-corrected chi connectivity index (χ4v) is 5.89. The topological polar surface area (TPSA) is 114 Å². The molecule has 1 aromatic carbocycles. The summed E-state index contributed by atoms with van der Waals surface area (Å²) in [6.07, 6.45) is 7.83. The quantitative estimate of drug-likeness (QED) is 0.611. The van der Waals surface area contributed by atoms with Gasteiger partial charge in [0, 0.05) is 6.42 Å². The third kappa shape index (κ3) is 3.09. The van der Waals surface area contributed by atoms with E-state index in [4.69, 9.17) is 14.9 Å². The van der Waals surface area contributed by atoms with Crippen LogP contribution in [0.5, 0.6) is 0 Å². The highest BCUT2D eigenvalue weighted by atomic mass is 19.1. The van der Waals surface area contributed by atoms with Crippen LogP contribution in [0.4, 0.5) is 4.39 Å². The van der Waals surface area contributed by atoms with E-state index in [9.17, 15) is 20.2 Å². The Morgan fingerprint density at radius 1 is 0.938 bits per heavy atom.